The fraction of sp³-hybridized carbons (Fsp3) is 0.333. The van der Waals surface area contributed by atoms with Crippen LogP contribution in [0.3, 0.4) is 0 Å². The van der Waals surface area contributed by atoms with E-state index in [4.69, 9.17) is 16.3 Å². The lowest BCUT2D eigenvalue weighted by Gasteiger charge is -2.10. The predicted molar refractivity (Wildman–Crippen MR) is 80.4 cm³/mol. The van der Waals surface area contributed by atoms with E-state index >= 15 is 0 Å². The molecule has 0 fully saturated rings. The molecule has 0 aliphatic rings. The Morgan fingerprint density at radius 1 is 1.35 bits per heavy atom. The summed E-state index contributed by atoms with van der Waals surface area (Å²) in [5, 5.41) is 0.575. The van der Waals surface area contributed by atoms with Crippen LogP contribution in [0.15, 0.2) is 29.1 Å². The minimum Gasteiger partial charge on any atom is -0.496 e. The van der Waals surface area contributed by atoms with Crippen molar-refractivity contribution in [3.05, 3.63) is 45.3 Å². The zero-order valence-electron chi connectivity index (χ0n) is 11.7. The lowest BCUT2D eigenvalue weighted by atomic mass is 10.1. The van der Waals surface area contributed by atoms with Crippen LogP contribution in [0.1, 0.15) is 19.5 Å². The molecule has 0 amide bonds. The van der Waals surface area contributed by atoms with Gasteiger partial charge < -0.3 is 9.72 Å². The van der Waals surface area contributed by atoms with Gasteiger partial charge in [-0.2, -0.15) is 0 Å². The summed E-state index contributed by atoms with van der Waals surface area (Å²) in [6.07, 6.45) is 0.757. The average molecular weight is 293 g/mol. The van der Waals surface area contributed by atoms with Crippen molar-refractivity contribution in [2.45, 2.75) is 20.3 Å². The average Bonchev–Trinajstić information content (AvgIpc) is 2.36. The standard InChI is InChI=1S/C15H17ClN2O2/c1-9(2)6-11-8-14(19)18-15(17-11)12-5-4-10(16)7-13(12)20-3/h4-5,7-9H,6H2,1-3H3,(H,17,18,19). The highest BCUT2D eigenvalue weighted by Crippen LogP contribution is 2.29. The van der Waals surface area contributed by atoms with E-state index in [0.29, 0.717) is 22.5 Å². The second kappa shape index (κ2) is 6.09. The van der Waals surface area contributed by atoms with Gasteiger partial charge in [0.25, 0.3) is 5.56 Å². The lowest BCUT2D eigenvalue weighted by Crippen LogP contribution is -2.12. The number of ether oxygens (including phenoxy) is 1. The molecule has 0 spiro atoms. The van der Waals surface area contributed by atoms with E-state index in [-0.39, 0.29) is 5.56 Å². The maximum absolute atomic E-state index is 11.8. The Labute approximate surface area is 122 Å². The molecule has 0 atom stereocenters. The first-order valence-electron chi connectivity index (χ1n) is 6.43. The van der Waals surface area contributed by atoms with Crippen LogP contribution in [0.2, 0.25) is 5.02 Å². The Hall–Kier alpha value is -1.81. The Kier molecular flexibility index (Phi) is 4.45. The van der Waals surface area contributed by atoms with E-state index < -0.39 is 0 Å². The van der Waals surface area contributed by atoms with E-state index in [9.17, 15) is 4.79 Å². The molecular weight excluding hydrogens is 276 g/mol. The van der Waals surface area contributed by atoms with Crippen molar-refractivity contribution in [2.24, 2.45) is 5.92 Å². The largest absolute Gasteiger partial charge is 0.496 e. The first kappa shape index (κ1) is 14.6. The number of benzene rings is 1. The number of halogens is 1. The summed E-state index contributed by atoms with van der Waals surface area (Å²) in [5.41, 5.74) is 1.33. The molecule has 0 radical (unpaired) electrons. The highest BCUT2D eigenvalue weighted by molar-refractivity contribution is 6.30. The zero-order chi connectivity index (χ0) is 14.7. The van der Waals surface area contributed by atoms with Gasteiger partial charge in [-0.3, -0.25) is 4.79 Å². The first-order chi connectivity index (χ1) is 9.49. The second-order valence-corrected chi connectivity index (χ2v) is 5.46. The molecule has 5 heteroatoms. The third-order valence-electron chi connectivity index (χ3n) is 2.83. The van der Waals surface area contributed by atoms with Crippen molar-refractivity contribution in [3.63, 3.8) is 0 Å². The zero-order valence-corrected chi connectivity index (χ0v) is 12.5. The van der Waals surface area contributed by atoms with Crippen molar-refractivity contribution in [2.75, 3.05) is 7.11 Å². The fourth-order valence-electron chi connectivity index (χ4n) is 2.02. The number of hydrogen-bond acceptors (Lipinski definition) is 3. The summed E-state index contributed by atoms with van der Waals surface area (Å²) in [6, 6.07) is 6.77. The van der Waals surface area contributed by atoms with Gasteiger partial charge in [0.2, 0.25) is 0 Å². The fourth-order valence-corrected chi connectivity index (χ4v) is 2.18. The monoisotopic (exact) mass is 292 g/mol. The van der Waals surface area contributed by atoms with Gasteiger partial charge in [-0.1, -0.05) is 25.4 Å². The number of H-pyrrole nitrogens is 1. The van der Waals surface area contributed by atoms with Crippen LogP contribution >= 0.6 is 11.6 Å². The number of hydrogen-bond donors (Lipinski definition) is 1. The quantitative estimate of drug-likeness (QED) is 0.941. The topological polar surface area (TPSA) is 55.0 Å². The van der Waals surface area contributed by atoms with Gasteiger partial charge in [0.05, 0.1) is 12.7 Å². The summed E-state index contributed by atoms with van der Waals surface area (Å²) in [6.45, 7) is 4.18. The van der Waals surface area contributed by atoms with Crippen molar-refractivity contribution < 1.29 is 4.74 Å². The van der Waals surface area contributed by atoms with Gasteiger partial charge in [0.15, 0.2) is 0 Å². The summed E-state index contributed by atoms with van der Waals surface area (Å²) in [7, 11) is 1.56. The molecule has 20 heavy (non-hydrogen) atoms. The number of aromatic nitrogens is 2. The molecule has 0 saturated carbocycles. The molecule has 1 heterocycles. The summed E-state index contributed by atoms with van der Waals surface area (Å²) in [5.74, 6) is 1.52. The number of rotatable bonds is 4. The molecular formula is C15H17ClN2O2. The molecule has 1 N–H and O–H groups in total. The Bertz CT molecular complexity index is 665. The van der Waals surface area contributed by atoms with E-state index in [1.807, 2.05) is 0 Å². The molecule has 106 valence electrons. The molecule has 0 unspecified atom stereocenters. The van der Waals surface area contributed by atoms with Crippen molar-refractivity contribution in [3.8, 4) is 17.1 Å². The molecule has 0 bridgehead atoms. The number of methoxy groups -OCH3 is 1. The Balaban J connectivity index is 2.52. The van der Waals surface area contributed by atoms with Crippen molar-refractivity contribution in [1.29, 1.82) is 0 Å². The van der Waals surface area contributed by atoms with Gasteiger partial charge in [-0.15, -0.1) is 0 Å². The highest BCUT2D eigenvalue weighted by Gasteiger charge is 2.11. The van der Waals surface area contributed by atoms with Gasteiger partial charge in [0, 0.05) is 16.8 Å². The third kappa shape index (κ3) is 3.39. The molecule has 1 aromatic carbocycles. The number of aromatic amines is 1. The SMILES string of the molecule is COc1cc(Cl)ccc1-c1nc(CC(C)C)cc(=O)[nH]1. The number of nitrogens with zero attached hydrogens (tertiary/aromatic N) is 1. The lowest BCUT2D eigenvalue weighted by molar-refractivity contribution is 0.416. The first-order valence-corrected chi connectivity index (χ1v) is 6.81. The predicted octanol–water partition coefficient (Wildman–Crippen LogP) is 3.30. The molecule has 0 aliphatic heterocycles. The van der Waals surface area contributed by atoms with Crippen LogP contribution in [0, 0.1) is 5.92 Å². The highest BCUT2D eigenvalue weighted by atomic mass is 35.5. The molecule has 1 aromatic heterocycles. The summed E-state index contributed by atoms with van der Waals surface area (Å²) in [4.78, 5) is 19.0. The van der Waals surface area contributed by atoms with Gasteiger partial charge >= 0.3 is 0 Å². The van der Waals surface area contributed by atoms with Crippen molar-refractivity contribution >= 4 is 11.6 Å². The minimum absolute atomic E-state index is 0.164. The molecule has 2 aromatic rings. The van der Waals surface area contributed by atoms with Crippen molar-refractivity contribution in [1.82, 2.24) is 9.97 Å². The smallest absolute Gasteiger partial charge is 0.251 e. The van der Waals surface area contributed by atoms with Crippen LogP contribution in [0.5, 0.6) is 5.75 Å². The summed E-state index contributed by atoms with van der Waals surface area (Å²) >= 11 is 5.94. The van der Waals surface area contributed by atoms with Crippen LogP contribution in [0.25, 0.3) is 11.4 Å². The third-order valence-corrected chi connectivity index (χ3v) is 3.07. The number of nitrogens with one attached hydrogen (secondary N) is 1. The van der Waals surface area contributed by atoms with Crippen LogP contribution < -0.4 is 10.3 Å². The van der Waals surface area contributed by atoms with E-state index in [0.717, 1.165) is 17.7 Å². The van der Waals surface area contributed by atoms with Crippen LogP contribution in [0.4, 0.5) is 0 Å². The maximum atomic E-state index is 11.8. The second-order valence-electron chi connectivity index (χ2n) is 5.03. The normalized spacial score (nSPS) is 10.8. The van der Waals surface area contributed by atoms with Gasteiger partial charge in [0.1, 0.15) is 11.6 Å². The molecule has 2 rings (SSSR count). The van der Waals surface area contributed by atoms with Gasteiger partial charge in [-0.25, -0.2) is 4.98 Å². The molecule has 4 nitrogen and oxygen atoms in total. The molecule has 0 aliphatic carbocycles. The van der Waals surface area contributed by atoms with Crippen LogP contribution in [-0.4, -0.2) is 17.1 Å². The van der Waals surface area contributed by atoms with E-state index in [2.05, 4.69) is 23.8 Å². The maximum Gasteiger partial charge on any atom is 0.251 e. The minimum atomic E-state index is -0.164. The van der Waals surface area contributed by atoms with E-state index in [1.165, 1.54) is 6.07 Å². The van der Waals surface area contributed by atoms with Crippen LogP contribution in [-0.2, 0) is 6.42 Å². The van der Waals surface area contributed by atoms with Gasteiger partial charge in [-0.05, 0) is 30.5 Å². The Morgan fingerprint density at radius 2 is 2.10 bits per heavy atom. The van der Waals surface area contributed by atoms with E-state index in [1.54, 1.807) is 25.3 Å². The Morgan fingerprint density at radius 3 is 2.75 bits per heavy atom. The summed E-state index contributed by atoms with van der Waals surface area (Å²) < 4.78 is 5.29. The molecule has 0 saturated heterocycles.